The first-order valence-electron chi connectivity index (χ1n) is 6.39. The maximum absolute atomic E-state index is 11.7. The average Bonchev–Trinajstić information content (AvgIpc) is 2.37. The van der Waals surface area contributed by atoms with Gasteiger partial charge in [-0.25, -0.2) is 0 Å². The lowest BCUT2D eigenvalue weighted by Gasteiger charge is -2.12. The molecule has 0 heterocycles. The zero-order valence-corrected chi connectivity index (χ0v) is 11.9. The number of rotatable bonds is 7. The molecule has 1 aromatic rings. The number of carbonyl (C=O) groups is 3. The van der Waals surface area contributed by atoms with Gasteiger partial charge in [0.1, 0.15) is 5.75 Å². The van der Waals surface area contributed by atoms with Crippen LogP contribution in [-0.2, 0) is 14.4 Å². The molecule has 0 aromatic heterocycles. The monoisotopic (exact) mass is 294 g/mol. The summed E-state index contributed by atoms with van der Waals surface area (Å²) < 4.78 is 5.13. The molecule has 0 fully saturated rings. The fraction of sp³-hybridized carbons (Fsp3) is 0.357. The third kappa shape index (κ3) is 5.94. The molecule has 1 aromatic carbocycles. The van der Waals surface area contributed by atoms with E-state index in [1.54, 1.807) is 18.2 Å². The second kappa shape index (κ2) is 7.88. The number of methoxy groups -OCH3 is 1. The van der Waals surface area contributed by atoms with Crippen LogP contribution in [0.3, 0.4) is 0 Å². The molecule has 1 rings (SSSR count). The Morgan fingerprint density at radius 3 is 2.48 bits per heavy atom. The van der Waals surface area contributed by atoms with Crippen LogP contribution >= 0.6 is 0 Å². The molecular weight excluding hydrogens is 276 g/mol. The molecule has 0 aliphatic rings. The number of amides is 2. The molecule has 0 saturated carbocycles. The van der Waals surface area contributed by atoms with Crippen molar-refractivity contribution in [3.63, 3.8) is 0 Å². The molecule has 0 aliphatic carbocycles. The number of anilines is 2. The van der Waals surface area contributed by atoms with Gasteiger partial charge in [0, 0.05) is 25.5 Å². The molecule has 114 valence electrons. The smallest absolute Gasteiger partial charge is 0.303 e. The normalized spacial score (nSPS) is 9.81. The van der Waals surface area contributed by atoms with Crippen molar-refractivity contribution in [1.29, 1.82) is 0 Å². The molecule has 0 bridgehead atoms. The minimum atomic E-state index is -0.937. The quantitative estimate of drug-likeness (QED) is 0.711. The third-order valence-electron chi connectivity index (χ3n) is 2.59. The van der Waals surface area contributed by atoms with Crippen molar-refractivity contribution in [3.05, 3.63) is 18.2 Å². The van der Waals surface area contributed by atoms with E-state index in [2.05, 4.69) is 10.6 Å². The summed E-state index contributed by atoms with van der Waals surface area (Å²) in [5, 5.41) is 13.8. The lowest BCUT2D eigenvalue weighted by Crippen LogP contribution is -2.13. The van der Waals surface area contributed by atoms with Crippen LogP contribution in [0.2, 0.25) is 0 Å². The molecule has 0 saturated heterocycles. The highest BCUT2D eigenvalue weighted by Gasteiger charge is 2.10. The summed E-state index contributed by atoms with van der Waals surface area (Å²) in [6, 6.07) is 4.85. The highest BCUT2D eigenvalue weighted by Crippen LogP contribution is 2.28. The van der Waals surface area contributed by atoms with Crippen molar-refractivity contribution < 1.29 is 24.2 Å². The van der Waals surface area contributed by atoms with Crippen molar-refractivity contribution in [1.82, 2.24) is 0 Å². The summed E-state index contributed by atoms with van der Waals surface area (Å²) in [6.07, 6.45) is 0.297. The van der Waals surface area contributed by atoms with E-state index in [1.807, 2.05) is 0 Å². The van der Waals surface area contributed by atoms with Gasteiger partial charge in [0.05, 0.1) is 12.8 Å². The van der Waals surface area contributed by atoms with Gasteiger partial charge in [-0.15, -0.1) is 0 Å². The largest absolute Gasteiger partial charge is 0.495 e. The number of carbonyl (C=O) groups excluding carboxylic acids is 2. The van der Waals surface area contributed by atoms with Gasteiger partial charge in [-0.2, -0.15) is 0 Å². The Balaban J connectivity index is 2.72. The van der Waals surface area contributed by atoms with Crippen molar-refractivity contribution in [2.24, 2.45) is 0 Å². The summed E-state index contributed by atoms with van der Waals surface area (Å²) >= 11 is 0. The summed E-state index contributed by atoms with van der Waals surface area (Å²) in [5.74, 6) is -1.02. The lowest BCUT2D eigenvalue weighted by molar-refractivity contribution is -0.137. The first-order chi connectivity index (χ1) is 9.92. The molecule has 7 heteroatoms. The van der Waals surface area contributed by atoms with Crippen LogP contribution in [0.4, 0.5) is 11.4 Å². The van der Waals surface area contributed by atoms with Crippen LogP contribution in [0.15, 0.2) is 18.2 Å². The lowest BCUT2D eigenvalue weighted by atomic mass is 10.2. The van der Waals surface area contributed by atoms with Crippen LogP contribution in [0.5, 0.6) is 5.75 Å². The zero-order valence-electron chi connectivity index (χ0n) is 11.9. The average molecular weight is 294 g/mol. The van der Waals surface area contributed by atoms with E-state index >= 15 is 0 Å². The predicted molar refractivity (Wildman–Crippen MR) is 77.4 cm³/mol. The number of hydrogen-bond donors (Lipinski definition) is 3. The van der Waals surface area contributed by atoms with E-state index in [9.17, 15) is 14.4 Å². The third-order valence-corrected chi connectivity index (χ3v) is 2.59. The number of carboxylic acid groups (broad SMARTS) is 1. The maximum Gasteiger partial charge on any atom is 0.303 e. The molecule has 0 spiro atoms. The zero-order chi connectivity index (χ0) is 15.8. The number of carboxylic acids is 1. The molecule has 21 heavy (non-hydrogen) atoms. The van der Waals surface area contributed by atoms with Crippen molar-refractivity contribution in [2.75, 3.05) is 17.7 Å². The Morgan fingerprint density at radius 1 is 1.19 bits per heavy atom. The van der Waals surface area contributed by atoms with Crippen LogP contribution in [0, 0.1) is 0 Å². The summed E-state index contributed by atoms with van der Waals surface area (Å²) in [6.45, 7) is 1.38. The van der Waals surface area contributed by atoms with E-state index in [-0.39, 0.29) is 31.1 Å². The number of aliphatic carboxylic acids is 1. The second-order valence-corrected chi connectivity index (χ2v) is 4.39. The first kappa shape index (κ1) is 16.5. The Morgan fingerprint density at radius 2 is 1.90 bits per heavy atom. The molecule has 7 nitrogen and oxygen atoms in total. The molecule has 0 aliphatic heterocycles. The molecule has 2 amide bonds. The minimum absolute atomic E-state index is 0.0590. The fourth-order valence-electron chi connectivity index (χ4n) is 1.70. The minimum Gasteiger partial charge on any atom is -0.495 e. The van der Waals surface area contributed by atoms with E-state index in [4.69, 9.17) is 9.84 Å². The van der Waals surface area contributed by atoms with Crippen LogP contribution in [0.1, 0.15) is 26.2 Å². The summed E-state index contributed by atoms with van der Waals surface area (Å²) in [4.78, 5) is 33.2. The van der Waals surface area contributed by atoms with Gasteiger partial charge in [0.2, 0.25) is 11.8 Å². The number of ether oxygens (including phenoxy) is 1. The van der Waals surface area contributed by atoms with Crippen molar-refractivity contribution in [2.45, 2.75) is 26.2 Å². The standard InChI is InChI=1S/C14H18N2O5/c1-9(17)15-10-6-7-12(21-2)11(8-10)16-13(18)4-3-5-14(19)20/h6-8H,3-5H2,1-2H3,(H,15,17)(H,16,18)(H,19,20). The van der Waals surface area contributed by atoms with Gasteiger partial charge >= 0.3 is 5.97 Å². The van der Waals surface area contributed by atoms with Crippen LogP contribution < -0.4 is 15.4 Å². The first-order valence-corrected chi connectivity index (χ1v) is 6.39. The second-order valence-electron chi connectivity index (χ2n) is 4.39. The molecular formula is C14H18N2O5. The topological polar surface area (TPSA) is 105 Å². The predicted octanol–water partition coefficient (Wildman–Crippen LogP) is 1.85. The van der Waals surface area contributed by atoms with E-state index in [1.165, 1.54) is 14.0 Å². The summed E-state index contributed by atoms with van der Waals surface area (Å²) in [7, 11) is 1.47. The van der Waals surface area contributed by atoms with Gasteiger partial charge in [-0.05, 0) is 24.6 Å². The molecule has 0 radical (unpaired) electrons. The van der Waals surface area contributed by atoms with E-state index < -0.39 is 5.97 Å². The number of hydrogen-bond acceptors (Lipinski definition) is 4. The van der Waals surface area contributed by atoms with Gasteiger partial charge in [0.25, 0.3) is 0 Å². The van der Waals surface area contributed by atoms with Gasteiger partial charge < -0.3 is 20.5 Å². The summed E-state index contributed by atoms with van der Waals surface area (Å²) in [5.41, 5.74) is 0.952. The number of nitrogens with one attached hydrogen (secondary N) is 2. The highest BCUT2D eigenvalue weighted by atomic mass is 16.5. The van der Waals surface area contributed by atoms with Crippen molar-refractivity contribution >= 4 is 29.2 Å². The highest BCUT2D eigenvalue weighted by molar-refractivity contribution is 5.95. The Hall–Kier alpha value is -2.57. The van der Waals surface area contributed by atoms with E-state index in [0.717, 1.165) is 0 Å². The van der Waals surface area contributed by atoms with Gasteiger partial charge in [-0.1, -0.05) is 0 Å². The molecule has 3 N–H and O–H groups in total. The fourth-order valence-corrected chi connectivity index (χ4v) is 1.70. The van der Waals surface area contributed by atoms with Crippen LogP contribution in [-0.4, -0.2) is 30.0 Å². The van der Waals surface area contributed by atoms with E-state index in [0.29, 0.717) is 17.1 Å². The van der Waals surface area contributed by atoms with Gasteiger partial charge in [0.15, 0.2) is 0 Å². The Bertz CT molecular complexity index is 542. The number of benzene rings is 1. The Kier molecular flexibility index (Phi) is 6.19. The molecule has 0 atom stereocenters. The van der Waals surface area contributed by atoms with Crippen LogP contribution in [0.25, 0.3) is 0 Å². The van der Waals surface area contributed by atoms with Gasteiger partial charge in [-0.3, -0.25) is 14.4 Å². The molecule has 0 unspecified atom stereocenters. The maximum atomic E-state index is 11.7. The Labute approximate surface area is 122 Å². The van der Waals surface area contributed by atoms with Crippen molar-refractivity contribution in [3.8, 4) is 5.75 Å². The SMILES string of the molecule is COc1ccc(NC(C)=O)cc1NC(=O)CCCC(=O)O.